The molecule has 202 valence electrons. The Kier molecular flexibility index (Phi) is 13.3. The molecule has 0 aromatic carbocycles. The molecule has 0 saturated heterocycles. The number of hydrogen-bond donors (Lipinski definition) is 9. The van der Waals surface area contributed by atoms with Crippen LogP contribution in [0.25, 0.3) is 0 Å². The number of aliphatic imine (C=N–C) groups is 1. The summed E-state index contributed by atoms with van der Waals surface area (Å²) >= 11 is 4.14. The second-order valence-corrected chi connectivity index (χ2v) is 8.72. The van der Waals surface area contributed by atoms with Crippen LogP contribution in [0.15, 0.2) is 17.5 Å². The van der Waals surface area contributed by atoms with Crippen molar-refractivity contribution in [3.8, 4) is 0 Å². The van der Waals surface area contributed by atoms with E-state index in [1.165, 1.54) is 12.5 Å². The van der Waals surface area contributed by atoms with Crippen LogP contribution in [0.1, 0.15) is 38.8 Å². The number of aromatic nitrogens is 2. The molecule has 1 aromatic rings. The lowest BCUT2D eigenvalue weighted by Crippen LogP contribution is -2.59. The highest BCUT2D eigenvalue weighted by molar-refractivity contribution is 7.80. The fraction of sp³-hybridized carbons (Fsp3) is 0.619. The van der Waals surface area contributed by atoms with Crippen LogP contribution < -0.4 is 33.2 Å². The second kappa shape index (κ2) is 15.6. The van der Waals surface area contributed by atoms with E-state index in [4.69, 9.17) is 17.2 Å². The third kappa shape index (κ3) is 10.5. The second-order valence-electron chi connectivity index (χ2n) is 8.35. The SMILES string of the molecule is CCC(C)C(NC(=O)C(CS)NC(=O)C(N)CCCN=C(N)N)C(=O)NC(Cc1cnc[nH]1)C(=O)O. The van der Waals surface area contributed by atoms with E-state index in [0.29, 0.717) is 25.1 Å². The van der Waals surface area contributed by atoms with E-state index in [2.05, 4.69) is 43.5 Å². The van der Waals surface area contributed by atoms with Gasteiger partial charge in [-0.25, -0.2) is 9.78 Å². The van der Waals surface area contributed by atoms with Crippen molar-refractivity contribution >= 4 is 42.3 Å². The average molecular weight is 528 g/mol. The zero-order valence-corrected chi connectivity index (χ0v) is 21.3. The van der Waals surface area contributed by atoms with Crippen LogP contribution in [-0.4, -0.2) is 81.2 Å². The predicted octanol–water partition coefficient (Wildman–Crippen LogP) is -2.15. The van der Waals surface area contributed by atoms with E-state index in [1.54, 1.807) is 6.92 Å². The van der Waals surface area contributed by atoms with Crippen molar-refractivity contribution in [2.24, 2.45) is 28.1 Å². The summed E-state index contributed by atoms with van der Waals surface area (Å²) in [4.78, 5) is 60.5. The van der Waals surface area contributed by atoms with Crippen LogP contribution in [0.4, 0.5) is 0 Å². The number of carboxylic acid groups (broad SMARTS) is 1. The molecule has 0 aliphatic carbocycles. The quantitative estimate of drug-likeness (QED) is 0.0491. The summed E-state index contributed by atoms with van der Waals surface area (Å²) in [6, 6.07) is -4.25. The van der Waals surface area contributed by atoms with Crippen LogP contribution in [0.5, 0.6) is 0 Å². The maximum Gasteiger partial charge on any atom is 0.326 e. The first kappa shape index (κ1) is 30.7. The Morgan fingerprint density at radius 3 is 2.33 bits per heavy atom. The molecule has 1 aromatic heterocycles. The molecule has 0 saturated carbocycles. The molecular weight excluding hydrogens is 490 g/mol. The zero-order chi connectivity index (χ0) is 27.3. The monoisotopic (exact) mass is 527 g/mol. The van der Waals surface area contributed by atoms with Crippen LogP contribution in [0.3, 0.4) is 0 Å². The topological polar surface area (TPSA) is 244 Å². The van der Waals surface area contributed by atoms with Crippen molar-refractivity contribution in [3.63, 3.8) is 0 Å². The van der Waals surface area contributed by atoms with Crippen LogP contribution in [-0.2, 0) is 25.6 Å². The van der Waals surface area contributed by atoms with E-state index in [9.17, 15) is 24.3 Å². The Morgan fingerprint density at radius 1 is 1.14 bits per heavy atom. The van der Waals surface area contributed by atoms with Crippen molar-refractivity contribution in [2.45, 2.75) is 63.7 Å². The molecule has 1 rings (SSSR count). The lowest BCUT2D eigenvalue weighted by atomic mass is 9.97. The number of imidazole rings is 1. The summed E-state index contributed by atoms with van der Waals surface area (Å²) in [5.41, 5.74) is 16.9. The number of H-pyrrole nitrogens is 1. The number of guanidine groups is 1. The van der Waals surface area contributed by atoms with Gasteiger partial charge in [-0.3, -0.25) is 19.4 Å². The van der Waals surface area contributed by atoms with Crippen molar-refractivity contribution in [1.82, 2.24) is 25.9 Å². The van der Waals surface area contributed by atoms with Crippen LogP contribution in [0.2, 0.25) is 0 Å². The number of carbonyl (C=O) groups is 4. The first-order chi connectivity index (χ1) is 17.0. The molecule has 0 bridgehead atoms. The Bertz CT molecular complexity index is 892. The maximum absolute atomic E-state index is 13.0. The minimum atomic E-state index is -1.24. The van der Waals surface area contributed by atoms with Crippen molar-refractivity contribution in [1.29, 1.82) is 0 Å². The highest BCUT2D eigenvalue weighted by Crippen LogP contribution is 2.10. The highest BCUT2D eigenvalue weighted by Gasteiger charge is 2.32. The fourth-order valence-electron chi connectivity index (χ4n) is 3.16. The average Bonchev–Trinajstić information content (AvgIpc) is 3.35. The number of amides is 3. The first-order valence-electron chi connectivity index (χ1n) is 11.5. The number of nitrogens with zero attached hydrogens (tertiary/aromatic N) is 2. The highest BCUT2D eigenvalue weighted by atomic mass is 32.1. The minimum Gasteiger partial charge on any atom is -0.480 e. The van der Waals surface area contributed by atoms with Crippen molar-refractivity contribution < 1.29 is 24.3 Å². The van der Waals surface area contributed by atoms with Gasteiger partial charge in [0.05, 0.1) is 12.4 Å². The van der Waals surface area contributed by atoms with Crippen molar-refractivity contribution in [3.05, 3.63) is 18.2 Å². The van der Waals surface area contributed by atoms with Gasteiger partial charge in [0, 0.05) is 30.6 Å². The molecule has 0 spiro atoms. The molecule has 36 heavy (non-hydrogen) atoms. The standard InChI is InChI=1S/C21H37N9O5S/c1-3-11(2)16(19(33)28-14(20(34)35)7-12-8-25-10-27-12)30-18(32)15(9-36)29-17(31)13(22)5-4-6-26-21(23)24/h8,10-11,13-16,36H,3-7,9,22H2,1-2H3,(H,25,27)(H,28,33)(H,29,31)(H,30,32)(H,34,35)(H4,23,24,26). The van der Waals surface area contributed by atoms with Gasteiger partial charge in [0.25, 0.3) is 0 Å². The van der Waals surface area contributed by atoms with E-state index >= 15 is 0 Å². The van der Waals surface area contributed by atoms with E-state index < -0.39 is 47.9 Å². The van der Waals surface area contributed by atoms with E-state index in [0.717, 1.165) is 0 Å². The van der Waals surface area contributed by atoms with E-state index in [1.807, 2.05) is 6.92 Å². The van der Waals surface area contributed by atoms with E-state index in [-0.39, 0.29) is 30.5 Å². The minimum absolute atomic E-state index is 0.0152. The zero-order valence-electron chi connectivity index (χ0n) is 20.4. The molecular formula is C21H37N9O5S. The number of aromatic amines is 1. The molecule has 0 radical (unpaired) electrons. The third-order valence-corrected chi connectivity index (χ3v) is 5.87. The van der Waals surface area contributed by atoms with Crippen LogP contribution >= 0.6 is 12.6 Å². The summed E-state index contributed by atoms with van der Waals surface area (Å²) in [5, 5.41) is 17.2. The number of nitrogens with one attached hydrogen (secondary N) is 4. The predicted molar refractivity (Wildman–Crippen MR) is 137 cm³/mol. The number of thiol groups is 1. The summed E-state index contributed by atoms with van der Waals surface area (Å²) in [6.07, 6.45) is 4.12. The number of hydrogen-bond acceptors (Lipinski definition) is 8. The number of aliphatic carboxylic acids is 1. The summed E-state index contributed by atoms with van der Waals surface area (Å²) in [7, 11) is 0. The van der Waals surface area contributed by atoms with Gasteiger partial charge >= 0.3 is 5.97 Å². The number of rotatable bonds is 16. The smallest absolute Gasteiger partial charge is 0.326 e. The Labute approximate surface area is 215 Å². The normalized spacial score (nSPS) is 15.0. The number of nitrogens with two attached hydrogens (primary N) is 3. The van der Waals surface area contributed by atoms with Gasteiger partial charge in [-0.2, -0.15) is 12.6 Å². The van der Waals surface area contributed by atoms with Gasteiger partial charge in [0.2, 0.25) is 17.7 Å². The first-order valence-corrected chi connectivity index (χ1v) is 12.2. The molecule has 1 heterocycles. The Hall–Kier alpha value is -3.33. The summed E-state index contributed by atoms with van der Waals surface area (Å²) in [6.45, 7) is 3.88. The molecule has 15 heteroatoms. The maximum atomic E-state index is 13.0. The van der Waals surface area contributed by atoms with Gasteiger partial charge in [-0.05, 0) is 18.8 Å². The third-order valence-electron chi connectivity index (χ3n) is 5.51. The van der Waals surface area contributed by atoms with Crippen LogP contribution in [0, 0.1) is 5.92 Å². The van der Waals surface area contributed by atoms with Gasteiger partial charge in [0.15, 0.2) is 5.96 Å². The fourth-order valence-corrected chi connectivity index (χ4v) is 3.41. The lowest BCUT2D eigenvalue weighted by molar-refractivity contribution is -0.142. The summed E-state index contributed by atoms with van der Waals surface area (Å²) < 4.78 is 0. The number of carbonyl (C=O) groups excluding carboxylic acids is 3. The largest absolute Gasteiger partial charge is 0.480 e. The van der Waals surface area contributed by atoms with Crippen molar-refractivity contribution in [2.75, 3.05) is 12.3 Å². The van der Waals surface area contributed by atoms with Gasteiger partial charge in [0.1, 0.15) is 18.1 Å². The number of carboxylic acids is 1. The summed E-state index contributed by atoms with van der Waals surface area (Å²) in [5.74, 6) is -3.55. The molecule has 0 aliphatic heterocycles. The van der Waals surface area contributed by atoms with Gasteiger partial charge in [-0.15, -0.1) is 0 Å². The lowest BCUT2D eigenvalue weighted by Gasteiger charge is -2.27. The molecule has 5 unspecified atom stereocenters. The molecule has 14 nitrogen and oxygen atoms in total. The van der Waals surface area contributed by atoms with Gasteiger partial charge in [-0.1, -0.05) is 20.3 Å². The Morgan fingerprint density at radius 2 is 1.81 bits per heavy atom. The molecule has 5 atom stereocenters. The molecule has 0 aliphatic rings. The molecule has 11 N–H and O–H groups in total. The molecule has 0 fully saturated rings. The molecule has 3 amide bonds. The Balaban J connectivity index is 2.81. The van der Waals surface area contributed by atoms with Gasteiger partial charge < -0.3 is 43.2 Å².